The predicted octanol–water partition coefficient (Wildman–Crippen LogP) is 17.0. The van der Waals surface area contributed by atoms with Crippen LogP contribution in [0.4, 0.5) is 11.4 Å². The van der Waals surface area contributed by atoms with Crippen molar-refractivity contribution in [1.29, 1.82) is 0 Å². The highest BCUT2D eigenvalue weighted by atomic mass is 16.5. The van der Waals surface area contributed by atoms with Gasteiger partial charge < -0.3 is 18.9 Å². The Bertz CT molecular complexity index is 1860. The number of azo groups is 1. The first kappa shape index (κ1) is 50.7. The van der Waals surface area contributed by atoms with Gasteiger partial charge in [-0.2, -0.15) is 5.11 Å². The van der Waals surface area contributed by atoms with E-state index < -0.39 is 11.9 Å². The monoisotopic (exact) mass is 861 g/mol. The van der Waals surface area contributed by atoms with Crippen LogP contribution in [0.2, 0.25) is 0 Å². The van der Waals surface area contributed by atoms with Crippen molar-refractivity contribution in [3.63, 3.8) is 0 Å². The van der Waals surface area contributed by atoms with Crippen LogP contribution in [0.15, 0.2) is 101 Å². The second kappa shape index (κ2) is 31.8. The Balaban J connectivity index is 1.23. The fourth-order valence-corrected chi connectivity index (χ4v) is 7.41. The predicted molar refractivity (Wildman–Crippen MR) is 258 cm³/mol. The Labute approximate surface area is 379 Å². The van der Waals surface area contributed by atoms with E-state index in [2.05, 4.69) is 24.1 Å². The summed E-state index contributed by atoms with van der Waals surface area (Å²) in [6, 6.07) is 26.2. The summed E-state index contributed by atoms with van der Waals surface area (Å²) in [4.78, 5) is 26.6. The number of nitrogens with zero attached hydrogens (tertiary/aromatic N) is 2. The highest BCUT2D eigenvalue weighted by Gasteiger charge is 2.16. The van der Waals surface area contributed by atoms with Crippen molar-refractivity contribution in [2.45, 2.75) is 175 Å². The standard InChI is InChI=1S/C55H76N2O6/c1-4-6-8-10-12-14-16-18-20-22-24-26-42-60-49-36-30-46(31-37-49)54(58)62-51-40-41-52(57-56-48-34-28-45(3)29-35-48)53(44-51)63-55(59)47-32-38-50(39-33-47)61-43-27-25-23-21-19-17-15-13-11-9-7-5-2/h28-41,44H,4-27,42-43H2,1-3H3. The minimum absolute atomic E-state index is 0.106. The van der Waals surface area contributed by atoms with E-state index in [0.29, 0.717) is 47.2 Å². The molecule has 0 spiro atoms. The molecule has 8 nitrogen and oxygen atoms in total. The SMILES string of the molecule is CCCCCCCCCCCCCCOc1ccc(C(=O)Oc2ccc(N=Nc3ccc(C)cc3)c(OC(=O)c3ccc(OCCCCCCCCCCCCCC)cc3)c2)cc1. The van der Waals surface area contributed by atoms with Gasteiger partial charge in [0, 0.05) is 6.07 Å². The lowest BCUT2D eigenvalue weighted by Crippen LogP contribution is -2.10. The van der Waals surface area contributed by atoms with E-state index in [4.69, 9.17) is 18.9 Å². The fourth-order valence-electron chi connectivity index (χ4n) is 7.41. The average Bonchev–Trinajstić information content (AvgIpc) is 3.30. The Hall–Kier alpha value is -4.98. The smallest absolute Gasteiger partial charge is 0.343 e. The van der Waals surface area contributed by atoms with E-state index in [1.807, 2.05) is 31.2 Å². The van der Waals surface area contributed by atoms with E-state index in [0.717, 1.165) is 31.2 Å². The maximum absolute atomic E-state index is 13.4. The summed E-state index contributed by atoms with van der Waals surface area (Å²) in [5.74, 6) is 0.590. The van der Waals surface area contributed by atoms with Gasteiger partial charge in [-0.3, -0.25) is 0 Å². The number of esters is 2. The fraction of sp³-hybridized carbons (Fsp3) is 0.527. The summed E-state index contributed by atoms with van der Waals surface area (Å²) in [6.07, 6.45) is 31.1. The van der Waals surface area contributed by atoms with Crippen molar-refractivity contribution in [2.24, 2.45) is 10.2 Å². The van der Waals surface area contributed by atoms with Crippen LogP contribution in [-0.4, -0.2) is 25.2 Å². The Morgan fingerprint density at radius 3 is 1.22 bits per heavy atom. The first-order chi connectivity index (χ1) is 30.9. The summed E-state index contributed by atoms with van der Waals surface area (Å²) >= 11 is 0. The first-order valence-corrected chi connectivity index (χ1v) is 24.5. The quantitative estimate of drug-likeness (QED) is 0.0201. The van der Waals surface area contributed by atoms with E-state index in [-0.39, 0.29) is 11.5 Å². The number of rotatable bonds is 34. The third kappa shape index (κ3) is 21.8. The highest BCUT2D eigenvalue weighted by Crippen LogP contribution is 2.34. The molecule has 0 amide bonds. The molecule has 0 N–H and O–H groups in total. The van der Waals surface area contributed by atoms with Crippen LogP contribution in [-0.2, 0) is 0 Å². The van der Waals surface area contributed by atoms with Crippen LogP contribution in [0.5, 0.6) is 23.0 Å². The normalized spacial score (nSPS) is 11.2. The first-order valence-electron chi connectivity index (χ1n) is 24.5. The number of carbonyl (C=O) groups is 2. The molecular weight excluding hydrogens is 785 g/mol. The minimum atomic E-state index is -0.586. The zero-order valence-electron chi connectivity index (χ0n) is 38.9. The molecule has 0 bridgehead atoms. The maximum Gasteiger partial charge on any atom is 0.343 e. The molecule has 4 aromatic carbocycles. The van der Waals surface area contributed by atoms with Crippen LogP contribution in [0.25, 0.3) is 0 Å². The van der Waals surface area contributed by atoms with Crippen molar-refractivity contribution in [2.75, 3.05) is 13.2 Å². The molecule has 0 heterocycles. The molecule has 0 fully saturated rings. The van der Waals surface area contributed by atoms with Gasteiger partial charge in [0.05, 0.1) is 30.0 Å². The Morgan fingerprint density at radius 1 is 0.413 bits per heavy atom. The molecule has 0 saturated heterocycles. The molecule has 0 aliphatic rings. The van der Waals surface area contributed by atoms with Gasteiger partial charge in [-0.25, -0.2) is 9.59 Å². The van der Waals surface area contributed by atoms with Crippen LogP contribution in [0, 0.1) is 6.92 Å². The lowest BCUT2D eigenvalue weighted by molar-refractivity contribution is 0.0733. The van der Waals surface area contributed by atoms with E-state index in [9.17, 15) is 9.59 Å². The molecule has 4 rings (SSSR count). The van der Waals surface area contributed by atoms with Crippen LogP contribution in [0.1, 0.15) is 194 Å². The third-order valence-corrected chi connectivity index (χ3v) is 11.4. The van der Waals surface area contributed by atoms with Crippen molar-refractivity contribution in [1.82, 2.24) is 0 Å². The topological polar surface area (TPSA) is 95.8 Å². The molecule has 0 atom stereocenters. The van der Waals surface area contributed by atoms with Crippen molar-refractivity contribution in [3.05, 3.63) is 108 Å². The number of carbonyl (C=O) groups excluding carboxylic acids is 2. The molecule has 0 radical (unpaired) electrons. The molecule has 0 aliphatic carbocycles. The summed E-state index contributed by atoms with van der Waals surface area (Å²) in [5, 5.41) is 8.73. The van der Waals surface area contributed by atoms with Gasteiger partial charge in [0.15, 0.2) is 5.75 Å². The minimum Gasteiger partial charge on any atom is -0.494 e. The van der Waals surface area contributed by atoms with E-state index in [1.165, 1.54) is 134 Å². The number of benzene rings is 4. The number of aryl methyl sites for hydroxylation is 1. The van der Waals surface area contributed by atoms with E-state index in [1.54, 1.807) is 60.7 Å². The summed E-state index contributed by atoms with van der Waals surface area (Å²) in [7, 11) is 0. The average molecular weight is 861 g/mol. The summed E-state index contributed by atoms with van der Waals surface area (Å²) < 4.78 is 23.5. The van der Waals surface area contributed by atoms with Crippen LogP contribution >= 0.6 is 0 Å². The van der Waals surface area contributed by atoms with Gasteiger partial charge in [0.25, 0.3) is 0 Å². The molecule has 0 unspecified atom stereocenters. The second-order valence-electron chi connectivity index (χ2n) is 17.0. The largest absolute Gasteiger partial charge is 0.494 e. The van der Waals surface area contributed by atoms with Crippen LogP contribution in [0.3, 0.4) is 0 Å². The van der Waals surface area contributed by atoms with Gasteiger partial charge in [-0.15, -0.1) is 5.11 Å². The molecule has 63 heavy (non-hydrogen) atoms. The second-order valence-corrected chi connectivity index (χ2v) is 17.0. The van der Waals surface area contributed by atoms with Gasteiger partial charge in [0.1, 0.15) is 22.9 Å². The number of unbranched alkanes of at least 4 members (excludes halogenated alkanes) is 22. The molecule has 0 aliphatic heterocycles. The van der Waals surface area contributed by atoms with Gasteiger partial charge in [-0.05, 0) is 92.6 Å². The zero-order valence-corrected chi connectivity index (χ0v) is 38.9. The summed E-state index contributed by atoms with van der Waals surface area (Å²) in [5.41, 5.74) is 2.77. The molecule has 4 aromatic rings. The number of hydrogen-bond acceptors (Lipinski definition) is 8. The molecule has 0 aromatic heterocycles. The molecule has 342 valence electrons. The zero-order chi connectivity index (χ0) is 44.6. The van der Waals surface area contributed by atoms with Crippen molar-refractivity contribution in [3.8, 4) is 23.0 Å². The number of ether oxygens (including phenoxy) is 4. The Morgan fingerprint density at radius 2 is 0.794 bits per heavy atom. The van der Waals surface area contributed by atoms with Crippen molar-refractivity contribution < 1.29 is 28.5 Å². The molecule has 8 heteroatoms. The van der Waals surface area contributed by atoms with Gasteiger partial charge in [0.2, 0.25) is 0 Å². The highest BCUT2D eigenvalue weighted by molar-refractivity contribution is 5.93. The molecular formula is C55H76N2O6. The third-order valence-electron chi connectivity index (χ3n) is 11.4. The summed E-state index contributed by atoms with van der Waals surface area (Å²) in [6.45, 7) is 7.81. The van der Waals surface area contributed by atoms with Gasteiger partial charge >= 0.3 is 11.9 Å². The Kier molecular flexibility index (Phi) is 25.6. The number of hydrogen-bond donors (Lipinski definition) is 0. The lowest BCUT2D eigenvalue weighted by atomic mass is 10.1. The molecule has 0 saturated carbocycles. The van der Waals surface area contributed by atoms with E-state index >= 15 is 0 Å². The lowest BCUT2D eigenvalue weighted by Gasteiger charge is -2.11. The van der Waals surface area contributed by atoms with Crippen LogP contribution < -0.4 is 18.9 Å². The van der Waals surface area contributed by atoms with Crippen molar-refractivity contribution >= 4 is 23.3 Å². The van der Waals surface area contributed by atoms with Gasteiger partial charge in [-0.1, -0.05) is 173 Å². The maximum atomic E-state index is 13.4.